The molecule has 0 bridgehead atoms. The molecule has 1 rings (SSSR count). The van der Waals surface area contributed by atoms with E-state index in [1.165, 1.54) is 11.1 Å². The lowest BCUT2D eigenvalue weighted by molar-refractivity contribution is 0.198. The minimum atomic E-state index is 0.0947. The van der Waals surface area contributed by atoms with Crippen LogP contribution < -0.4 is 10.1 Å². The van der Waals surface area contributed by atoms with Gasteiger partial charge in [-0.2, -0.15) is 0 Å². The summed E-state index contributed by atoms with van der Waals surface area (Å²) in [6.45, 7) is 9.29. The highest BCUT2D eigenvalue weighted by Crippen LogP contribution is 2.34. The fraction of sp³-hybridized carbons (Fsp3) is 0.625. The summed E-state index contributed by atoms with van der Waals surface area (Å²) in [6, 6.07) is 6.38. The first-order valence-electron chi connectivity index (χ1n) is 6.86. The second-order valence-corrected chi connectivity index (χ2v) is 5.58. The number of methoxy groups -OCH3 is 2. The van der Waals surface area contributed by atoms with Crippen molar-refractivity contribution in [1.29, 1.82) is 0 Å². The summed E-state index contributed by atoms with van der Waals surface area (Å²) in [4.78, 5) is 0. The molecule has 0 unspecified atom stereocenters. The molecule has 0 saturated carbocycles. The zero-order valence-electron chi connectivity index (χ0n) is 12.9. The molecule has 0 saturated heterocycles. The highest BCUT2D eigenvalue weighted by molar-refractivity contribution is 5.41. The van der Waals surface area contributed by atoms with E-state index in [4.69, 9.17) is 9.47 Å². The predicted molar refractivity (Wildman–Crippen MR) is 80.1 cm³/mol. The molecule has 3 nitrogen and oxygen atoms in total. The molecule has 1 N–H and O–H groups in total. The lowest BCUT2D eigenvalue weighted by atomic mass is 9.80. The monoisotopic (exact) mass is 265 g/mol. The van der Waals surface area contributed by atoms with Crippen LogP contribution in [0.5, 0.6) is 5.75 Å². The van der Waals surface area contributed by atoms with Crippen LogP contribution in [0.1, 0.15) is 31.4 Å². The Balaban J connectivity index is 2.67. The molecule has 0 radical (unpaired) electrons. The van der Waals surface area contributed by atoms with E-state index < -0.39 is 0 Å². The minimum Gasteiger partial charge on any atom is -0.496 e. The summed E-state index contributed by atoms with van der Waals surface area (Å²) in [5.74, 6) is 0.979. The second kappa shape index (κ2) is 7.51. The van der Waals surface area contributed by atoms with Crippen LogP contribution in [-0.4, -0.2) is 33.9 Å². The number of hydrogen-bond donors (Lipinski definition) is 1. The van der Waals surface area contributed by atoms with Gasteiger partial charge in [0, 0.05) is 19.2 Å². The van der Waals surface area contributed by atoms with Gasteiger partial charge in [0.15, 0.2) is 0 Å². The Hall–Kier alpha value is -1.06. The van der Waals surface area contributed by atoms with E-state index >= 15 is 0 Å². The fourth-order valence-corrected chi connectivity index (χ4v) is 2.19. The summed E-state index contributed by atoms with van der Waals surface area (Å²) >= 11 is 0. The van der Waals surface area contributed by atoms with Gasteiger partial charge in [0.05, 0.1) is 13.7 Å². The van der Waals surface area contributed by atoms with Gasteiger partial charge in [0.2, 0.25) is 0 Å². The van der Waals surface area contributed by atoms with E-state index in [2.05, 4.69) is 44.3 Å². The van der Waals surface area contributed by atoms with Crippen molar-refractivity contribution in [2.24, 2.45) is 0 Å². The van der Waals surface area contributed by atoms with Crippen molar-refractivity contribution in [3.8, 4) is 5.75 Å². The molecule has 0 fully saturated rings. The van der Waals surface area contributed by atoms with Crippen LogP contribution in [0.3, 0.4) is 0 Å². The first-order valence-corrected chi connectivity index (χ1v) is 6.86. The van der Waals surface area contributed by atoms with Crippen LogP contribution in [0.25, 0.3) is 0 Å². The number of rotatable bonds is 8. The first kappa shape index (κ1) is 16.0. The topological polar surface area (TPSA) is 30.5 Å². The molecule has 0 spiro atoms. The zero-order valence-corrected chi connectivity index (χ0v) is 12.9. The summed E-state index contributed by atoms with van der Waals surface area (Å²) in [7, 11) is 3.46. The third-order valence-corrected chi connectivity index (χ3v) is 3.49. The maximum Gasteiger partial charge on any atom is 0.122 e. The number of nitrogens with one attached hydrogen (secondary N) is 1. The van der Waals surface area contributed by atoms with E-state index in [0.29, 0.717) is 0 Å². The summed E-state index contributed by atoms with van der Waals surface area (Å²) in [5, 5.41) is 3.40. The molecule has 0 aliphatic rings. The van der Waals surface area contributed by atoms with Crippen LogP contribution >= 0.6 is 0 Å². The van der Waals surface area contributed by atoms with Crippen LogP contribution in [0, 0.1) is 6.92 Å². The largest absolute Gasteiger partial charge is 0.496 e. The van der Waals surface area contributed by atoms with Gasteiger partial charge in [-0.3, -0.25) is 0 Å². The normalized spacial score (nSPS) is 11.6. The van der Waals surface area contributed by atoms with Gasteiger partial charge in [-0.25, -0.2) is 0 Å². The summed E-state index contributed by atoms with van der Waals surface area (Å²) in [5.41, 5.74) is 2.65. The Labute approximate surface area is 117 Å². The molecular formula is C16H27NO2. The fourth-order valence-electron chi connectivity index (χ4n) is 2.19. The van der Waals surface area contributed by atoms with Crippen molar-refractivity contribution in [3.05, 3.63) is 29.3 Å². The van der Waals surface area contributed by atoms with E-state index in [0.717, 1.165) is 31.9 Å². The van der Waals surface area contributed by atoms with Crippen LogP contribution in [0.2, 0.25) is 0 Å². The molecular weight excluding hydrogens is 238 g/mol. The number of ether oxygens (including phenoxy) is 2. The zero-order chi connectivity index (χ0) is 14.3. The average molecular weight is 265 g/mol. The molecule has 3 heteroatoms. The Kier molecular flexibility index (Phi) is 6.32. The van der Waals surface area contributed by atoms with Crippen LogP contribution in [0.4, 0.5) is 0 Å². The Morgan fingerprint density at radius 2 is 1.89 bits per heavy atom. The predicted octanol–water partition coefficient (Wildman–Crippen LogP) is 2.91. The molecule has 0 amide bonds. The maximum atomic E-state index is 5.49. The van der Waals surface area contributed by atoms with Gasteiger partial charge in [0.25, 0.3) is 0 Å². The summed E-state index contributed by atoms with van der Waals surface area (Å²) in [6.07, 6.45) is 1.07. The molecule has 0 aliphatic carbocycles. The van der Waals surface area contributed by atoms with Crippen molar-refractivity contribution in [1.82, 2.24) is 5.32 Å². The smallest absolute Gasteiger partial charge is 0.122 e. The molecule has 1 aromatic rings. The number of benzene rings is 1. The molecule has 108 valence electrons. The van der Waals surface area contributed by atoms with Crippen LogP contribution in [-0.2, 0) is 10.2 Å². The highest BCUT2D eigenvalue weighted by Gasteiger charge is 2.24. The van der Waals surface area contributed by atoms with E-state index in [-0.39, 0.29) is 5.41 Å². The summed E-state index contributed by atoms with van der Waals surface area (Å²) < 4.78 is 10.5. The third kappa shape index (κ3) is 4.84. The Morgan fingerprint density at radius 3 is 2.53 bits per heavy atom. The van der Waals surface area contributed by atoms with Crippen molar-refractivity contribution < 1.29 is 9.47 Å². The third-order valence-electron chi connectivity index (χ3n) is 3.49. The molecule has 1 aromatic carbocycles. The Morgan fingerprint density at radius 1 is 1.16 bits per heavy atom. The first-order chi connectivity index (χ1) is 9.01. The molecule has 0 atom stereocenters. The highest BCUT2D eigenvalue weighted by atomic mass is 16.5. The van der Waals surface area contributed by atoms with E-state index in [9.17, 15) is 0 Å². The standard InChI is InChI=1S/C16H27NO2/c1-13-6-7-15(19-5)14(12-13)16(2,3)8-9-17-10-11-18-4/h6-7,12,17H,8-11H2,1-5H3. The van der Waals surface area contributed by atoms with Gasteiger partial charge >= 0.3 is 0 Å². The minimum absolute atomic E-state index is 0.0947. The average Bonchev–Trinajstić information content (AvgIpc) is 2.38. The van der Waals surface area contributed by atoms with Crippen molar-refractivity contribution in [2.75, 3.05) is 33.9 Å². The lowest BCUT2D eigenvalue weighted by Crippen LogP contribution is -2.28. The lowest BCUT2D eigenvalue weighted by Gasteiger charge is -2.27. The van der Waals surface area contributed by atoms with E-state index in [1.807, 2.05) is 0 Å². The SMILES string of the molecule is COCCNCCC(C)(C)c1cc(C)ccc1OC. The molecule has 0 aromatic heterocycles. The van der Waals surface area contributed by atoms with Crippen molar-refractivity contribution in [3.63, 3.8) is 0 Å². The van der Waals surface area contributed by atoms with Gasteiger partial charge in [-0.15, -0.1) is 0 Å². The Bertz CT molecular complexity index is 388. The maximum absolute atomic E-state index is 5.49. The molecule has 19 heavy (non-hydrogen) atoms. The second-order valence-electron chi connectivity index (χ2n) is 5.58. The van der Waals surface area contributed by atoms with Gasteiger partial charge in [-0.05, 0) is 31.4 Å². The van der Waals surface area contributed by atoms with E-state index in [1.54, 1.807) is 14.2 Å². The quantitative estimate of drug-likeness (QED) is 0.733. The van der Waals surface area contributed by atoms with Crippen molar-refractivity contribution >= 4 is 0 Å². The van der Waals surface area contributed by atoms with Gasteiger partial charge in [-0.1, -0.05) is 31.5 Å². The molecule has 0 heterocycles. The van der Waals surface area contributed by atoms with Crippen LogP contribution in [0.15, 0.2) is 18.2 Å². The number of aryl methyl sites for hydroxylation is 1. The van der Waals surface area contributed by atoms with Gasteiger partial charge in [0.1, 0.15) is 5.75 Å². The number of hydrogen-bond acceptors (Lipinski definition) is 3. The van der Waals surface area contributed by atoms with Gasteiger partial charge < -0.3 is 14.8 Å². The van der Waals surface area contributed by atoms with Crippen molar-refractivity contribution in [2.45, 2.75) is 32.6 Å². The molecule has 0 aliphatic heterocycles.